The molecule has 9 aromatic rings. The highest BCUT2D eigenvalue weighted by molar-refractivity contribution is 6.13. The Morgan fingerprint density at radius 3 is 1.92 bits per heavy atom. The fraction of sp³-hybridized carbons (Fsp3) is 0. The Kier molecular flexibility index (Phi) is 3.85. The highest BCUT2D eigenvalue weighted by Crippen LogP contribution is 2.36. The Morgan fingerprint density at radius 1 is 0.462 bits per heavy atom. The molecule has 0 saturated carbocycles. The third kappa shape index (κ3) is 2.62. The lowest BCUT2D eigenvalue weighted by atomic mass is 10.1. The van der Waals surface area contributed by atoms with Crippen LogP contribution in [0, 0.1) is 0 Å². The molecule has 39 heavy (non-hydrogen) atoms. The molecule has 0 atom stereocenters. The molecule has 4 aromatic heterocycles. The number of hydrogen-bond acceptors (Lipinski definition) is 3. The highest BCUT2D eigenvalue weighted by Gasteiger charge is 2.20. The number of imidazole rings is 1. The summed E-state index contributed by atoms with van der Waals surface area (Å²) >= 11 is 0. The van der Waals surface area contributed by atoms with E-state index in [0.29, 0.717) is 22.2 Å². The molecule has 6 heteroatoms. The van der Waals surface area contributed by atoms with Gasteiger partial charge in [0.25, 0.3) is 5.56 Å². The number of para-hydroxylation sites is 5. The molecule has 0 fully saturated rings. The van der Waals surface area contributed by atoms with E-state index >= 15 is 0 Å². The first-order valence-electron chi connectivity index (χ1n) is 12.9. The lowest BCUT2D eigenvalue weighted by molar-refractivity contribution is 1.10. The number of nitrogens with zero attached hydrogens (tertiary/aromatic N) is 5. The van der Waals surface area contributed by atoms with E-state index in [1.807, 2.05) is 48.5 Å². The monoisotopic (exact) mass is 501 g/mol. The van der Waals surface area contributed by atoms with Crippen LogP contribution in [-0.4, -0.2) is 23.3 Å². The largest absolute Gasteiger partial charge is 0.309 e. The van der Waals surface area contributed by atoms with Crippen LogP contribution in [0.25, 0.3) is 71.8 Å². The van der Waals surface area contributed by atoms with E-state index in [2.05, 4.69) is 75.7 Å². The molecule has 0 aliphatic rings. The zero-order valence-electron chi connectivity index (χ0n) is 20.6. The van der Waals surface area contributed by atoms with Crippen LogP contribution < -0.4 is 5.56 Å². The maximum atomic E-state index is 14.1. The van der Waals surface area contributed by atoms with Crippen molar-refractivity contribution in [2.75, 3.05) is 0 Å². The van der Waals surface area contributed by atoms with Crippen LogP contribution in [0.5, 0.6) is 0 Å². The second kappa shape index (κ2) is 7.30. The van der Waals surface area contributed by atoms with Crippen LogP contribution in [0.2, 0.25) is 0 Å². The summed E-state index contributed by atoms with van der Waals surface area (Å²) in [6, 6.07) is 38.8. The maximum Gasteiger partial charge on any atom is 0.266 e. The van der Waals surface area contributed by atoms with Gasteiger partial charge in [-0.25, -0.2) is 9.97 Å². The zero-order chi connectivity index (χ0) is 25.7. The van der Waals surface area contributed by atoms with Gasteiger partial charge < -0.3 is 4.57 Å². The molecule has 5 aromatic carbocycles. The lowest BCUT2D eigenvalue weighted by Crippen LogP contribution is -2.17. The van der Waals surface area contributed by atoms with E-state index in [9.17, 15) is 4.79 Å². The smallest absolute Gasteiger partial charge is 0.266 e. The molecule has 182 valence electrons. The van der Waals surface area contributed by atoms with Gasteiger partial charge in [-0.1, -0.05) is 60.7 Å². The molecule has 6 nitrogen and oxygen atoms in total. The normalized spacial score (nSPS) is 12.2. The summed E-state index contributed by atoms with van der Waals surface area (Å²) in [6.45, 7) is 0. The summed E-state index contributed by atoms with van der Waals surface area (Å²) in [6.07, 6.45) is 0. The fourth-order valence-corrected chi connectivity index (χ4v) is 6.13. The van der Waals surface area contributed by atoms with Crippen molar-refractivity contribution in [1.82, 2.24) is 23.3 Å². The number of benzene rings is 5. The van der Waals surface area contributed by atoms with Gasteiger partial charge in [0.2, 0.25) is 0 Å². The number of aromatic nitrogens is 5. The second-order valence-electron chi connectivity index (χ2n) is 9.90. The van der Waals surface area contributed by atoms with Crippen molar-refractivity contribution in [3.63, 3.8) is 0 Å². The minimum absolute atomic E-state index is 0.0960. The van der Waals surface area contributed by atoms with E-state index in [1.54, 1.807) is 4.40 Å². The third-order valence-corrected chi connectivity index (χ3v) is 7.80. The van der Waals surface area contributed by atoms with E-state index in [1.165, 1.54) is 0 Å². The number of fused-ring (bicyclic) bond motifs is 12. The van der Waals surface area contributed by atoms with Gasteiger partial charge in [0.15, 0.2) is 11.3 Å². The summed E-state index contributed by atoms with van der Waals surface area (Å²) in [5.74, 6) is 0. The van der Waals surface area contributed by atoms with Gasteiger partial charge in [-0.15, -0.1) is 0 Å². The molecule has 0 spiro atoms. The van der Waals surface area contributed by atoms with Crippen molar-refractivity contribution in [2.24, 2.45) is 0 Å². The molecule has 0 aliphatic carbocycles. The molecule has 4 heterocycles. The molecule has 0 bridgehead atoms. The Morgan fingerprint density at radius 2 is 1.08 bits per heavy atom. The van der Waals surface area contributed by atoms with Gasteiger partial charge in [-0.2, -0.15) is 0 Å². The molecular weight excluding hydrogens is 482 g/mol. The Bertz CT molecular complexity index is 2520. The predicted molar refractivity (Wildman–Crippen MR) is 157 cm³/mol. The Labute approximate surface area is 220 Å². The Balaban J connectivity index is 1.61. The first-order chi connectivity index (χ1) is 19.3. The molecule has 9 rings (SSSR count). The van der Waals surface area contributed by atoms with Crippen molar-refractivity contribution in [3.05, 3.63) is 126 Å². The van der Waals surface area contributed by atoms with Crippen molar-refractivity contribution in [3.8, 4) is 5.69 Å². The van der Waals surface area contributed by atoms with Gasteiger partial charge in [0, 0.05) is 16.5 Å². The first-order valence-corrected chi connectivity index (χ1v) is 12.9. The van der Waals surface area contributed by atoms with E-state index < -0.39 is 0 Å². The summed E-state index contributed by atoms with van der Waals surface area (Å²) < 4.78 is 6.18. The van der Waals surface area contributed by atoms with Gasteiger partial charge in [0.05, 0.1) is 44.0 Å². The molecule has 0 saturated heterocycles. The van der Waals surface area contributed by atoms with Crippen molar-refractivity contribution < 1.29 is 0 Å². The van der Waals surface area contributed by atoms with E-state index in [0.717, 1.165) is 49.6 Å². The third-order valence-electron chi connectivity index (χ3n) is 7.80. The SMILES string of the molecule is O=c1c2ccccc2nc2c3nc4ccccc4n3c3cc4c(cc3n12)c1ccccc1n4-c1ccccc1. The van der Waals surface area contributed by atoms with E-state index in [-0.39, 0.29) is 5.56 Å². The lowest BCUT2D eigenvalue weighted by Gasteiger charge is -2.13. The molecule has 0 N–H and O–H groups in total. The number of rotatable bonds is 1. The Hall–Kier alpha value is -5.49. The molecule has 0 unspecified atom stereocenters. The van der Waals surface area contributed by atoms with Crippen molar-refractivity contribution >= 4 is 66.1 Å². The first kappa shape index (κ1) is 20.6. The highest BCUT2D eigenvalue weighted by atomic mass is 16.1. The minimum atomic E-state index is -0.0960. The minimum Gasteiger partial charge on any atom is -0.309 e. The molecule has 0 aliphatic heterocycles. The van der Waals surface area contributed by atoms with Crippen molar-refractivity contribution in [1.29, 1.82) is 0 Å². The van der Waals surface area contributed by atoms with Crippen LogP contribution >= 0.6 is 0 Å². The summed E-state index contributed by atoms with van der Waals surface area (Å²) in [5, 5.41) is 2.79. The number of hydrogen-bond donors (Lipinski definition) is 0. The van der Waals surface area contributed by atoms with Crippen LogP contribution in [0.3, 0.4) is 0 Å². The topological polar surface area (TPSA) is 56.6 Å². The maximum absolute atomic E-state index is 14.1. The van der Waals surface area contributed by atoms with Gasteiger partial charge in [0.1, 0.15) is 0 Å². The predicted octanol–water partition coefficient (Wildman–Crippen LogP) is 6.90. The van der Waals surface area contributed by atoms with Crippen LogP contribution in [0.15, 0.2) is 120 Å². The van der Waals surface area contributed by atoms with E-state index in [4.69, 9.17) is 9.97 Å². The fourth-order valence-electron chi connectivity index (χ4n) is 6.13. The molecule has 0 amide bonds. The summed E-state index contributed by atoms with van der Waals surface area (Å²) in [5.41, 5.74) is 8.57. The average molecular weight is 502 g/mol. The second-order valence-corrected chi connectivity index (χ2v) is 9.90. The summed E-state index contributed by atoms with van der Waals surface area (Å²) in [4.78, 5) is 24.0. The van der Waals surface area contributed by atoms with Crippen molar-refractivity contribution in [2.45, 2.75) is 0 Å². The van der Waals surface area contributed by atoms with Gasteiger partial charge in [-0.3, -0.25) is 13.6 Å². The quantitative estimate of drug-likeness (QED) is 0.182. The van der Waals surface area contributed by atoms with Gasteiger partial charge >= 0.3 is 0 Å². The summed E-state index contributed by atoms with van der Waals surface area (Å²) in [7, 11) is 0. The average Bonchev–Trinajstić information content (AvgIpc) is 3.53. The zero-order valence-corrected chi connectivity index (χ0v) is 20.6. The van der Waals surface area contributed by atoms with Crippen LogP contribution in [-0.2, 0) is 0 Å². The standard InChI is InChI=1S/C33H19N5O/c39-33-22-13-4-6-14-24(22)34-32-31-35-25-15-7-9-17-27(25)37(31)30-19-28-23(18-29(30)38(32)33)21-12-5-8-16-26(21)36(28)20-10-2-1-3-11-20/h1-19H. The van der Waals surface area contributed by atoms with Crippen LogP contribution in [0.1, 0.15) is 0 Å². The van der Waals surface area contributed by atoms with Gasteiger partial charge in [-0.05, 0) is 54.6 Å². The van der Waals surface area contributed by atoms with Crippen LogP contribution in [0.4, 0.5) is 0 Å². The molecular formula is C33H19N5O. The molecule has 0 radical (unpaired) electrons.